The molecule has 0 radical (unpaired) electrons. The molecule has 2 aliphatic rings. The number of hydrogen-bond donors (Lipinski definition) is 2. The molecule has 4 heterocycles. The van der Waals surface area contributed by atoms with Gasteiger partial charge in [-0.05, 0) is 89.2 Å². The summed E-state index contributed by atoms with van der Waals surface area (Å²) in [5.41, 5.74) is 10.5. The Labute approximate surface area is 230 Å². The number of nitrogens with two attached hydrogens (primary N) is 1. The number of benzene rings is 1. The average Bonchev–Trinajstić information content (AvgIpc) is 3.50. The highest BCUT2D eigenvalue weighted by atomic mass is 32.1. The Balaban J connectivity index is 0.000000191. The van der Waals surface area contributed by atoms with E-state index in [0.29, 0.717) is 36.1 Å². The topological polar surface area (TPSA) is 104 Å². The predicted octanol–water partition coefficient (Wildman–Crippen LogP) is 5.21. The largest absolute Gasteiger partial charge is 0.383 e. The van der Waals surface area contributed by atoms with Crippen molar-refractivity contribution in [1.29, 1.82) is 0 Å². The van der Waals surface area contributed by atoms with Gasteiger partial charge in [0, 0.05) is 18.6 Å². The second-order valence-electron chi connectivity index (χ2n) is 10.7. The number of nitrogens with one attached hydrogen (secondary N) is 1. The minimum atomic E-state index is -0.613. The summed E-state index contributed by atoms with van der Waals surface area (Å²) in [5.74, 6) is -0.193. The molecule has 1 atom stereocenters. The van der Waals surface area contributed by atoms with Gasteiger partial charge >= 0.3 is 11.8 Å². The van der Waals surface area contributed by atoms with E-state index in [1.54, 1.807) is 22.3 Å². The highest BCUT2D eigenvalue weighted by Gasteiger charge is 2.28. The molecule has 2 fully saturated rings. The van der Waals surface area contributed by atoms with E-state index in [4.69, 9.17) is 5.73 Å². The van der Waals surface area contributed by atoms with Gasteiger partial charge in [0.15, 0.2) is 0 Å². The molecular weight excluding hydrogens is 496 g/mol. The van der Waals surface area contributed by atoms with Gasteiger partial charge in [0.2, 0.25) is 0 Å². The van der Waals surface area contributed by atoms with Crippen molar-refractivity contribution in [3.8, 4) is 0 Å². The van der Waals surface area contributed by atoms with Crippen molar-refractivity contribution in [2.75, 3.05) is 37.7 Å². The zero-order valence-electron chi connectivity index (χ0n) is 23.4. The zero-order chi connectivity index (χ0) is 27.7. The number of carbonyl (C=O) groups is 2. The van der Waals surface area contributed by atoms with Gasteiger partial charge in [0.05, 0.1) is 27.6 Å². The lowest BCUT2D eigenvalue weighted by atomic mass is 10.0. The van der Waals surface area contributed by atoms with Crippen LogP contribution in [-0.4, -0.2) is 63.8 Å². The SMILES string of the molecule is CCc1cc(NC(=O)C(=O)N2CCCC(C)C2)cnc1N.CN1CCCC1(C)C.c1ccc2scnc2c1. The molecule has 2 amide bonds. The van der Waals surface area contributed by atoms with E-state index in [2.05, 4.69) is 54.1 Å². The highest BCUT2D eigenvalue weighted by molar-refractivity contribution is 7.16. The Morgan fingerprint density at radius 2 is 1.95 bits per heavy atom. The van der Waals surface area contributed by atoms with Crippen molar-refractivity contribution >= 4 is 44.9 Å². The van der Waals surface area contributed by atoms with Crippen molar-refractivity contribution in [3.05, 3.63) is 47.6 Å². The molecule has 0 aliphatic carbocycles. The van der Waals surface area contributed by atoms with Gasteiger partial charge in [-0.3, -0.25) is 9.59 Å². The van der Waals surface area contributed by atoms with Crippen LogP contribution in [0.4, 0.5) is 11.5 Å². The minimum Gasteiger partial charge on any atom is -0.383 e. The molecule has 2 saturated heterocycles. The molecule has 3 aromatic rings. The number of hydrogen-bond acceptors (Lipinski definition) is 7. The van der Waals surface area contributed by atoms with Crippen molar-refractivity contribution in [2.24, 2.45) is 5.92 Å². The normalized spacial score (nSPS) is 18.7. The number of likely N-dealkylation sites (tertiary alicyclic amines) is 2. The number of carbonyl (C=O) groups excluding carboxylic acids is 2. The van der Waals surface area contributed by atoms with Crippen molar-refractivity contribution < 1.29 is 9.59 Å². The maximum Gasteiger partial charge on any atom is 0.313 e. The summed E-state index contributed by atoms with van der Waals surface area (Å²) in [7, 11) is 2.20. The van der Waals surface area contributed by atoms with Crippen LogP contribution in [0.1, 0.15) is 58.9 Å². The first kappa shape index (κ1) is 29.5. The first-order valence-electron chi connectivity index (χ1n) is 13.4. The number of thiazole rings is 1. The third-order valence-corrected chi connectivity index (χ3v) is 8.14. The Morgan fingerprint density at radius 1 is 1.18 bits per heavy atom. The second-order valence-corrected chi connectivity index (χ2v) is 11.6. The second kappa shape index (κ2) is 13.7. The van der Waals surface area contributed by atoms with Gasteiger partial charge in [0.1, 0.15) is 5.82 Å². The summed E-state index contributed by atoms with van der Waals surface area (Å²) in [5, 5.41) is 2.61. The number of nitrogens with zero attached hydrogens (tertiary/aromatic N) is 4. The average molecular weight is 539 g/mol. The van der Waals surface area contributed by atoms with E-state index in [1.165, 1.54) is 30.3 Å². The number of amides is 2. The fourth-order valence-electron chi connectivity index (χ4n) is 4.62. The number of pyridine rings is 1. The highest BCUT2D eigenvalue weighted by Crippen LogP contribution is 2.25. The standard InChI is InChI=1S/C15H22N4O2.C7H5NS.C7H15N/c1-3-11-7-12(8-17-13(11)16)18-14(20)15(21)19-6-4-5-10(2)9-19;1-2-4-7-6(3-1)8-5-9-7;1-7(2)5-4-6-8(7)3/h7-8,10H,3-6,9H2,1-2H3,(H2,16,17)(H,18,20);1-5H;4-6H2,1-3H3. The fourth-order valence-corrected chi connectivity index (χ4v) is 5.30. The Hall–Kier alpha value is -3.04. The Bertz CT molecular complexity index is 1180. The molecule has 0 spiro atoms. The van der Waals surface area contributed by atoms with Crippen LogP contribution in [0, 0.1) is 5.92 Å². The van der Waals surface area contributed by atoms with Gasteiger partial charge in [-0.25, -0.2) is 9.97 Å². The molecule has 1 unspecified atom stereocenters. The predicted molar refractivity (Wildman–Crippen MR) is 157 cm³/mol. The van der Waals surface area contributed by atoms with Crippen molar-refractivity contribution in [3.63, 3.8) is 0 Å². The van der Waals surface area contributed by atoms with E-state index in [1.807, 2.05) is 30.6 Å². The van der Waals surface area contributed by atoms with Gasteiger partial charge in [-0.2, -0.15) is 0 Å². The summed E-state index contributed by atoms with van der Waals surface area (Å²) in [6.45, 7) is 11.2. The molecule has 2 aliphatic heterocycles. The van der Waals surface area contributed by atoms with Gasteiger partial charge in [-0.1, -0.05) is 26.0 Å². The van der Waals surface area contributed by atoms with E-state index in [9.17, 15) is 9.59 Å². The van der Waals surface area contributed by atoms with Crippen molar-refractivity contribution in [1.82, 2.24) is 19.8 Å². The number of fused-ring (bicyclic) bond motifs is 1. The van der Waals surface area contributed by atoms with E-state index < -0.39 is 11.8 Å². The molecule has 1 aromatic carbocycles. The van der Waals surface area contributed by atoms with Crippen LogP contribution < -0.4 is 11.1 Å². The first-order chi connectivity index (χ1) is 18.1. The summed E-state index contributed by atoms with van der Waals surface area (Å²) < 4.78 is 1.26. The molecule has 5 rings (SSSR count). The summed E-state index contributed by atoms with van der Waals surface area (Å²) in [6.07, 6.45) is 6.99. The number of piperidine rings is 1. The van der Waals surface area contributed by atoms with Gasteiger partial charge in [0.25, 0.3) is 0 Å². The number of anilines is 2. The van der Waals surface area contributed by atoms with Crippen LogP contribution in [0.3, 0.4) is 0 Å². The summed E-state index contributed by atoms with van der Waals surface area (Å²) in [4.78, 5) is 36.4. The number of para-hydroxylation sites is 1. The lowest BCUT2D eigenvalue weighted by molar-refractivity contribution is -0.144. The van der Waals surface area contributed by atoms with Gasteiger partial charge < -0.3 is 20.9 Å². The maximum atomic E-state index is 12.1. The first-order valence-corrected chi connectivity index (χ1v) is 14.3. The third kappa shape index (κ3) is 8.23. The summed E-state index contributed by atoms with van der Waals surface area (Å²) >= 11 is 1.68. The number of aromatic nitrogens is 2. The fraction of sp³-hybridized carbons (Fsp3) is 0.517. The monoisotopic (exact) mass is 538 g/mol. The van der Waals surface area contributed by atoms with Crippen LogP contribution in [0.15, 0.2) is 42.0 Å². The lowest BCUT2D eigenvalue weighted by Gasteiger charge is -2.30. The third-order valence-electron chi connectivity index (χ3n) is 7.33. The van der Waals surface area contributed by atoms with E-state index >= 15 is 0 Å². The zero-order valence-corrected chi connectivity index (χ0v) is 24.2. The molecule has 2 aromatic heterocycles. The summed E-state index contributed by atoms with van der Waals surface area (Å²) in [6, 6.07) is 9.88. The molecule has 206 valence electrons. The molecule has 3 N–H and O–H groups in total. The molecule has 9 heteroatoms. The number of aryl methyl sites for hydroxylation is 1. The van der Waals surface area contributed by atoms with Crippen LogP contribution in [0.25, 0.3) is 10.2 Å². The van der Waals surface area contributed by atoms with Crippen LogP contribution in [-0.2, 0) is 16.0 Å². The molecular formula is C29H42N6O2S. The minimum absolute atomic E-state index is 0.445. The maximum absolute atomic E-state index is 12.1. The Morgan fingerprint density at radius 3 is 2.55 bits per heavy atom. The molecule has 0 saturated carbocycles. The smallest absolute Gasteiger partial charge is 0.313 e. The van der Waals surface area contributed by atoms with Gasteiger partial charge in [-0.15, -0.1) is 11.3 Å². The quantitative estimate of drug-likeness (QED) is 0.434. The number of nitrogen functional groups attached to an aromatic ring is 1. The van der Waals surface area contributed by atoms with Crippen LogP contribution in [0.2, 0.25) is 0 Å². The van der Waals surface area contributed by atoms with E-state index in [0.717, 1.165) is 30.3 Å². The molecule has 0 bridgehead atoms. The van der Waals surface area contributed by atoms with Crippen LogP contribution >= 0.6 is 11.3 Å². The molecule has 38 heavy (non-hydrogen) atoms. The van der Waals surface area contributed by atoms with E-state index in [-0.39, 0.29) is 0 Å². The molecule has 8 nitrogen and oxygen atoms in total. The number of rotatable bonds is 2. The van der Waals surface area contributed by atoms with Crippen LogP contribution in [0.5, 0.6) is 0 Å². The van der Waals surface area contributed by atoms with Crippen molar-refractivity contribution in [2.45, 2.75) is 65.3 Å². The Kier molecular flexibility index (Phi) is 10.6. The lowest BCUT2D eigenvalue weighted by Crippen LogP contribution is -2.44.